The number of ether oxygens (including phenoxy) is 1. The molecule has 0 bridgehead atoms. The van der Waals surface area contributed by atoms with Crippen LogP contribution in [0.15, 0.2) is 72.8 Å². The highest BCUT2D eigenvalue weighted by Crippen LogP contribution is 2.30. The first-order chi connectivity index (χ1) is 17.1. The fourth-order valence-electron chi connectivity index (χ4n) is 3.49. The number of nitrogens with one attached hydrogen (secondary N) is 1. The maximum absolute atomic E-state index is 13.0. The second-order valence-electron chi connectivity index (χ2n) is 8.04. The Hall–Kier alpha value is -3.49. The molecular weight excluding hydrogens is 514 g/mol. The SMILES string of the molecule is Cc1cc(NC(=O)c2cccc(COc3ccc(Cl)cc3Cl)c2)nn1Cc1cccc(C(F)(F)F)c1. The summed E-state index contributed by atoms with van der Waals surface area (Å²) in [6.45, 7) is 2.08. The molecule has 1 N–H and O–H groups in total. The Bertz CT molecular complexity index is 1400. The van der Waals surface area contributed by atoms with Gasteiger partial charge in [-0.25, -0.2) is 0 Å². The summed E-state index contributed by atoms with van der Waals surface area (Å²) in [4.78, 5) is 12.8. The van der Waals surface area contributed by atoms with Crippen LogP contribution in [-0.4, -0.2) is 15.7 Å². The third-order valence-corrected chi connectivity index (χ3v) is 5.82. The Labute approximate surface area is 215 Å². The second-order valence-corrected chi connectivity index (χ2v) is 8.89. The molecule has 1 heterocycles. The van der Waals surface area contributed by atoms with Gasteiger partial charge in [-0.05, 0) is 60.5 Å². The summed E-state index contributed by atoms with van der Waals surface area (Å²) < 4.78 is 46.3. The predicted molar refractivity (Wildman–Crippen MR) is 133 cm³/mol. The lowest BCUT2D eigenvalue weighted by Crippen LogP contribution is -2.13. The molecule has 0 aliphatic rings. The minimum absolute atomic E-state index is 0.131. The van der Waals surface area contributed by atoms with E-state index in [4.69, 9.17) is 27.9 Å². The van der Waals surface area contributed by atoms with Gasteiger partial charge in [-0.2, -0.15) is 18.3 Å². The molecule has 1 aromatic heterocycles. The van der Waals surface area contributed by atoms with Crippen LogP contribution in [0.4, 0.5) is 19.0 Å². The zero-order valence-electron chi connectivity index (χ0n) is 18.9. The van der Waals surface area contributed by atoms with E-state index >= 15 is 0 Å². The molecule has 0 aliphatic carbocycles. The number of carbonyl (C=O) groups excluding carboxylic acids is 1. The summed E-state index contributed by atoms with van der Waals surface area (Å²) in [5.74, 6) is 0.377. The number of aromatic nitrogens is 2. The Morgan fingerprint density at radius 1 is 1.00 bits per heavy atom. The molecule has 4 aromatic rings. The molecule has 5 nitrogen and oxygen atoms in total. The summed E-state index contributed by atoms with van der Waals surface area (Å²) in [6, 6.07) is 18.5. The van der Waals surface area contributed by atoms with Gasteiger partial charge in [0, 0.05) is 22.3 Å². The molecule has 4 rings (SSSR count). The van der Waals surface area contributed by atoms with Crippen LogP contribution in [0, 0.1) is 6.92 Å². The monoisotopic (exact) mass is 533 g/mol. The molecule has 10 heteroatoms. The highest BCUT2D eigenvalue weighted by atomic mass is 35.5. The second kappa shape index (κ2) is 10.6. The number of carbonyl (C=O) groups is 1. The highest BCUT2D eigenvalue weighted by molar-refractivity contribution is 6.35. The van der Waals surface area contributed by atoms with Gasteiger partial charge in [0.15, 0.2) is 5.82 Å². The first-order valence-corrected chi connectivity index (χ1v) is 11.5. The number of benzene rings is 3. The van der Waals surface area contributed by atoms with Gasteiger partial charge >= 0.3 is 6.18 Å². The quantitative estimate of drug-likeness (QED) is 0.269. The van der Waals surface area contributed by atoms with E-state index in [2.05, 4.69) is 10.4 Å². The number of anilines is 1. The van der Waals surface area contributed by atoms with Gasteiger partial charge in [0.05, 0.1) is 17.1 Å². The summed E-state index contributed by atoms with van der Waals surface area (Å²) in [5.41, 5.74) is 1.55. The Morgan fingerprint density at radius 2 is 1.75 bits per heavy atom. The molecule has 3 aromatic carbocycles. The van der Waals surface area contributed by atoms with E-state index in [0.717, 1.165) is 17.7 Å². The third-order valence-electron chi connectivity index (χ3n) is 5.29. The van der Waals surface area contributed by atoms with Crippen molar-refractivity contribution in [2.45, 2.75) is 26.3 Å². The fraction of sp³-hybridized carbons (Fsp3) is 0.154. The zero-order chi connectivity index (χ0) is 25.9. The lowest BCUT2D eigenvalue weighted by molar-refractivity contribution is -0.137. The molecule has 186 valence electrons. The highest BCUT2D eigenvalue weighted by Gasteiger charge is 2.30. The minimum atomic E-state index is -4.42. The van der Waals surface area contributed by atoms with E-state index in [0.29, 0.717) is 38.4 Å². The number of hydrogen-bond donors (Lipinski definition) is 1. The molecule has 0 saturated carbocycles. The third kappa shape index (κ3) is 6.38. The first-order valence-electron chi connectivity index (χ1n) is 10.8. The van der Waals surface area contributed by atoms with E-state index in [1.54, 1.807) is 55.5 Å². The van der Waals surface area contributed by atoms with Crippen LogP contribution < -0.4 is 10.1 Å². The smallest absolute Gasteiger partial charge is 0.416 e. The zero-order valence-corrected chi connectivity index (χ0v) is 20.5. The van der Waals surface area contributed by atoms with E-state index in [9.17, 15) is 18.0 Å². The van der Waals surface area contributed by atoms with Crippen molar-refractivity contribution < 1.29 is 22.7 Å². The maximum atomic E-state index is 13.0. The van der Waals surface area contributed by atoms with Crippen molar-refractivity contribution in [1.29, 1.82) is 0 Å². The number of rotatable bonds is 7. The van der Waals surface area contributed by atoms with Gasteiger partial charge in [-0.15, -0.1) is 0 Å². The van der Waals surface area contributed by atoms with E-state index < -0.39 is 11.7 Å². The van der Waals surface area contributed by atoms with Gasteiger partial charge in [-0.1, -0.05) is 47.5 Å². The summed E-state index contributed by atoms with van der Waals surface area (Å²) in [6.07, 6.45) is -4.42. The average molecular weight is 534 g/mol. The van der Waals surface area contributed by atoms with Crippen LogP contribution in [0.1, 0.15) is 32.7 Å². The Kier molecular flexibility index (Phi) is 7.56. The Morgan fingerprint density at radius 3 is 2.50 bits per heavy atom. The van der Waals surface area contributed by atoms with Crippen molar-refractivity contribution >= 4 is 34.9 Å². The van der Waals surface area contributed by atoms with Crippen molar-refractivity contribution in [3.05, 3.63) is 111 Å². The van der Waals surface area contributed by atoms with Gasteiger partial charge in [0.2, 0.25) is 0 Å². The molecule has 0 fully saturated rings. The molecule has 0 spiro atoms. The van der Waals surface area contributed by atoms with Gasteiger partial charge in [0.25, 0.3) is 5.91 Å². The first kappa shape index (κ1) is 25.6. The van der Waals surface area contributed by atoms with E-state index in [1.165, 1.54) is 10.7 Å². The number of amides is 1. The summed E-state index contributed by atoms with van der Waals surface area (Å²) in [7, 11) is 0. The molecule has 0 radical (unpaired) electrons. The number of alkyl halides is 3. The topological polar surface area (TPSA) is 56.1 Å². The number of hydrogen-bond acceptors (Lipinski definition) is 3. The van der Waals surface area contributed by atoms with Crippen LogP contribution in [-0.2, 0) is 19.3 Å². The molecule has 1 amide bonds. The lowest BCUT2D eigenvalue weighted by atomic mass is 10.1. The molecule has 0 unspecified atom stereocenters. The van der Waals surface area contributed by atoms with Crippen molar-refractivity contribution in [3.8, 4) is 5.75 Å². The number of nitrogens with zero attached hydrogens (tertiary/aromatic N) is 2. The average Bonchev–Trinajstić information content (AvgIpc) is 3.16. The predicted octanol–water partition coefficient (Wildman–Crippen LogP) is 7.40. The number of aryl methyl sites for hydroxylation is 1. The van der Waals surface area contributed by atoms with Crippen molar-refractivity contribution in [3.63, 3.8) is 0 Å². The lowest BCUT2D eigenvalue weighted by Gasteiger charge is -2.10. The number of halogens is 5. The largest absolute Gasteiger partial charge is 0.487 e. The normalized spacial score (nSPS) is 11.4. The summed E-state index contributed by atoms with van der Waals surface area (Å²) >= 11 is 12.0. The molecule has 0 saturated heterocycles. The fourth-order valence-corrected chi connectivity index (χ4v) is 3.96. The van der Waals surface area contributed by atoms with Gasteiger partial charge < -0.3 is 10.1 Å². The van der Waals surface area contributed by atoms with Crippen molar-refractivity contribution in [2.75, 3.05) is 5.32 Å². The molecule has 36 heavy (non-hydrogen) atoms. The summed E-state index contributed by atoms with van der Waals surface area (Å²) in [5, 5.41) is 7.94. The standard InChI is InChI=1S/C26H20Cl2F3N3O2/c1-16-10-24(33-34(16)14-17-4-3-7-20(12-17)26(29,30)31)32-25(35)19-6-2-5-18(11-19)15-36-23-9-8-21(27)13-22(23)28/h2-13H,14-15H2,1H3,(H,32,33,35). The van der Waals surface area contributed by atoms with Crippen LogP contribution in [0.25, 0.3) is 0 Å². The van der Waals surface area contributed by atoms with Crippen LogP contribution in [0.5, 0.6) is 5.75 Å². The maximum Gasteiger partial charge on any atom is 0.416 e. The molecular formula is C26H20Cl2F3N3O2. The Balaban J connectivity index is 1.42. The van der Waals surface area contributed by atoms with Crippen molar-refractivity contribution in [2.24, 2.45) is 0 Å². The van der Waals surface area contributed by atoms with E-state index in [-0.39, 0.29) is 19.1 Å². The van der Waals surface area contributed by atoms with Gasteiger partial charge in [-0.3, -0.25) is 9.48 Å². The van der Waals surface area contributed by atoms with Crippen LogP contribution in [0.3, 0.4) is 0 Å². The minimum Gasteiger partial charge on any atom is -0.487 e. The van der Waals surface area contributed by atoms with Crippen LogP contribution >= 0.6 is 23.2 Å². The molecule has 0 aliphatic heterocycles. The van der Waals surface area contributed by atoms with Crippen LogP contribution in [0.2, 0.25) is 10.0 Å². The van der Waals surface area contributed by atoms with Crippen molar-refractivity contribution in [1.82, 2.24) is 9.78 Å². The van der Waals surface area contributed by atoms with Gasteiger partial charge in [0.1, 0.15) is 12.4 Å². The molecule has 0 atom stereocenters. The van der Waals surface area contributed by atoms with E-state index in [1.807, 2.05) is 6.07 Å².